The SMILES string of the molecule is CCO[Si](CCCSC(=S)N(CC)CC)(OCC)OCC. The molecule has 0 unspecified atom stereocenters. The van der Waals surface area contributed by atoms with Gasteiger partial charge in [-0.15, -0.1) is 0 Å². The molecule has 0 rings (SSSR count). The average molecular weight is 354 g/mol. The van der Waals surface area contributed by atoms with Gasteiger partial charge >= 0.3 is 8.80 Å². The zero-order chi connectivity index (χ0) is 16.1. The summed E-state index contributed by atoms with van der Waals surface area (Å²) in [5.41, 5.74) is 0. The second kappa shape index (κ2) is 12.8. The first-order valence-electron chi connectivity index (χ1n) is 7.92. The van der Waals surface area contributed by atoms with Crippen LogP contribution in [0.15, 0.2) is 0 Å². The van der Waals surface area contributed by atoms with Gasteiger partial charge in [-0.1, -0.05) is 24.0 Å². The highest BCUT2D eigenvalue weighted by molar-refractivity contribution is 8.22. The number of hydrogen-bond donors (Lipinski definition) is 0. The Morgan fingerprint density at radius 2 is 1.43 bits per heavy atom. The van der Waals surface area contributed by atoms with Gasteiger partial charge in [-0.25, -0.2) is 0 Å². The minimum atomic E-state index is -2.48. The first kappa shape index (κ1) is 21.3. The van der Waals surface area contributed by atoms with Crippen molar-refractivity contribution in [3.63, 3.8) is 0 Å². The van der Waals surface area contributed by atoms with E-state index in [9.17, 15) is 0 Å². The maximum atomic E-state index is 5.85. The Hall–Kier alpha value is 0.337. The third kappa shape index (κ3) is 8.52. The summed E-state index contributed by atoms with van der Waals surface area (Å²) >= 11 is 7.18. The largest absolute Gasteiger partial charge is 0.500 e. The average Bonchev–Trinajstić information content (AvgIpc) is 2.46. The van der Waals surface area contributed by atoms with Crippen LogP contribution < -0.4 is 0 Å². The predicted molar refractivity (Wildman–Crippen MR) is 98.0 cm³/mol. The minimum absolute atomic E-state index is 0.636. The van der Waals surface area contributed by atoms with Gasteiger partial charge in [0.25, 0.3) is 0 Å². The molecule has 0 radical (unpaired) electrons. The molecular weight excluding hydrogens is 322 g/mol. The molecule has 4 nitrogen and oxygen atoms in total. The molecular formula is C14H31NO3S2Si. The van der Waals surface area contributed by atoms with Gasteiger partial charge in [0.2, 0.25) is 0 Å². The van der Waals surface area contributed by atoms with Crippen LogP contribution >= 0.6 is 24.0 Å². The fourth-order valence-corrected chi connectivity index (χ4v) is 6.30. The lowest BCUT2D eigenvalue weighted by atomic mass is 10.6. The summed E-state index contributed by atoms with van der Waals surface area (Å²) in [6.07, 6.45) is 0.998. The summed E-state index contributed by atoms with van der Waals surface area (Å²) < 4.78 is 18.5. The van der Waals surface area contributed by atoms with Crippen molar-refractivity contribution in [2.45, 2.75) is 47.1 Å². The quantitative estimate of drug-likeness (QED) is 0.301. The van der Waals surface area contributed by atoms with Crippen LogP contribution in [-0.4, -0.2) is 56.7 Å². The third-order valence-electron chi connectivity index (χ3n) is 2.97. The van der Waals surface area contributed by atoms with E-state index >= 15 is 0 Å². The van der Waals surface area contributed by atoms with Gasteiger partial charge in [0, 0.05) is 44.7 Å². The number of thiocarbonyl (C=S) groups is 1. The van der Waals surface area contributed by atoms with Crippen LogP contribution in [0.4, 0.5) is 0 Å². The summed E-state index contributed by atoms with van der Waals surface area (Å²) in [5.74, 6) is 0.983. The van der Waals surface area contributed by atoms with Crippen molar-refractivity contribution >= 4 is 37.1 Å². The van der Waals surface area contributed by atoms with Crippen molar-refractivity contribution in [1.82, 2.24) is 4.90 Å². The smallest absolute Gasteiger partial charge is 0.374 e. The first-order valence-corrected chi connectivity index (χ1v) is 11.2. The molecule has 0 aliphatic carbocycles. The second-order valence-electron chi connectivity index (χ2n) is 4.37. The molecule has 0 heterocycles. The monoisotopic (exact) mass is 353 g/mol. The lowest BCUT2D eigenvalue weighted by Gasteiger charge is -2.28. The molecule has 0 saturated carbocycles. The van der Waals surface area contributed by atoms with Crippen molar-refractivity contribution in [3.8, 4) is 0 Å². The van der Waals surface area contributed by atoms with E-state index in [2.05, 4.69) is 18.7 Å². The van der Waals surface area contributed by atoms with Crippen LogP contribution in [0.2, 0.25) is 6.04 Å². The van der Waals surface area contributed by atoms with Crippen molar-refractivity contribution in [2.24, 2.45) is 0 Å². The predicted octanol–water partition coefficient (Wildman–Crippen LogP) is 3.78. The van der Waals surface area contributed by atoms with Crippen LogP contribution in [0.25, 0.3) is 0 Å². The molecule has 0 bridgehead atoms. The van der Waals surface area contributed by atoms with Crippen molar-refractivity contribution < 1.29 is 13.3 Å². The summed E-state index contributed by atoms with van der Waals surface area (Å²) in [4.78, 5) is 2.21. The van der Waals surface area contributed by atoms with E-state index in [0.717, 1.165) is 35.6 Å². The van der Waals surface area contributed by atoms with E-state index in [1.54, 1.807) is 11.8 Å². The second-order valence-corrected chi connectivity index (χ2v) is 8.83. The van der Waals surface area contributed by atoms with Crippen LogP contribution in [-0.2, 0) is 13.3 Å². The zero-order valence-corrected chi connectivity index (χ0v) is 16.8. The zero-order valence-electron chi connectivity index (χ0n) is 14.1. The van der Waals surface area contributed by atoms with Crippen LogP contribution in [0, 0.1) is 0 Å². The van der Waals surface area contributed by atoms with E-state index < -0.39 is 8.80 Å². The van der Waals surface area contributed by atoms with Gasteiger partial charge in [-0.3, -0.25) is 0 Å². The van der Waals surface area contributed by atoms with E-state index in [4.69, 9.17) is 25.5 Å². The van der Waals surface area contributed by atoms with Gasteiger partial charge in [0.05, 0.1) is 0 Å². The van der Waals surface area contributed by atoms with E-state index in [1.807, 2.05) is 20.8 Å². The van der Waals surface area contributed by atoms with E-state index in [-0.39, 0.29) is 0 Å². The summed E-state index contributed by atoms with van der Waals surface area (Å²) in [6.45, 7) is 14.1. The Morgan fingerprint density at radius 1 is 0.952 bits per heavy atom. The van der Waals surface area contributed by atoms with Crippen molar-refractivity contribution in [1.29, 1.82) is 0 Å². The normalized spacial score (nSPS) is 11.7. The number of hydrogen-bond acceptors (Lipinski definition) is 5. The van der Waals surface area contributed by atoms with Crippen LogP contribution in [0.3, 0.4) is 0 Å². The highest BCUT2D eigenvalue weighted by Gasteiger charge is 2.39. The molecule has 0 N–H and O–H groups in total. The molecule has 0 atom stereocenters. The van der Waals surface area contributed by atoms with E-state index in [0.29, 0.717) is 19.8 Å². The van der Waals surface area contributed by atoms with Gasteiger partial charge in [0.15, 0.2) is 0 Å². The Bertz CT molecular complexity index is 262. The van der Waals surface area contributed by atoms with Crippen molar-refractivity contribution in [3.05, 3.63) is 0 Å². The highest BCUT2D eigenvalue weighted by atomic mass is 32.2. The van der Waals surface area contributed by atoms with Gasteiger partial charge in [-0.2, -0.15) is 0 Å². The molecule has 0 spiro atoms. The molecule has 0 amide bonds. The van der Waals surface area contributed by atoms with Gasteiger partial charge in [-0.05, 0) is 41.0 Å². The molecule has 126 valence electrons. The molecule has 0 aromatic rings. The molecule has 0 aromatic heterocycles. The van der Waals surface area contributed by atoms with Gasteiger partial charge in [0.1, 0.15) is 4.32 Å². The first-order chi connectivity index (χ1) is 10.1. The fraction of sp³-hybridized carbons (Fsp3) is 0.929. The Labute approximate surface area is 141 Å². The lowest BCUT2D eigenvalue weighted by Crippen LogP contribution is -2.46. The maximum absolute atomic E-state index is 5.85. The Kier molecular flexibility index (Phi) is 13.0. The maximum Gasteiger partial charge on any atom is 0.500 e. The highest BCUT2D eigenvalue weighted by Crippen LogP contribution is 2.21. The Balaban J connectivity index is 4.26. The minimum Gasteiger partial charge on any atom is -0.374 e. The standard InChI is InChI=1S/C14H31NO3S2Si/c1-6-15(7-2)14(19)20-12-11-13-21(16-8-3,17-9-4)18-10-5/h6-13H2,1-5H3. The molecule has 0 aliphatic heterocycles. The van der Waals surface area contributed by atoms with Crippen LogP contribution in [0.5, 0.6) is 0 Å². The van der Waals surface area contributed by atoms with Crippen molar-refractivity contribution in [2.75, 3.05) is 38.7 Å². The molecule has 0 aliphatic rings. The number of rotatable bonds is 12. The summed E-state index contributed by atoms with van der Waals surface area (Å²) in [7, 11) is -2.48. The molecule has 0 saturated heterocycles. The molecule has 7 heteroatoms. The fourth-order valence-electron chi connectivity index (χ4n) is 2.02. The number of nitrogens with zero attached hydrogens (tertiary/aromatic N) is 1. The number of thioether (sulfide) groups is 1. The van der Waals surface area contributed by atoms with Crippen LogP contribution in [0.1, 0.15) is 41.0 Å². The Morgan fingerprint density at radius 3 is 1.81 bits per heavy atom. The molecule has 0 fully saturated rings. The van der Waals surface area contributed by atoms with E-state index in [1.165, 1.54) is 0 Å². The molecule has 0 aromatic carbocycles. The lowest BCUT2D eigenvalue weighted by molar-refractivity contribution is 0.0712. The summed E-state index contributed by atoms with van der Waals surface area (Å²) in [6, 6.07) is 0.858. The van der Waals surface area contributed by atoms with Gasteiger partial charge < -0.3 is 18.2 Å². The topological polar surface area (TPSA) is 30.9 Å². The third-order valence-corrected chi connectivity index (χ3v) is 7.73. The summed E-state index contributed by atoms with van der Waals surface area (Å²) in [5, 5.41) is 0. The molecule has 21 heavy (non-hydrogen) atoms.